The molecule has 204 valence electrons. The molecule has 0 N–H and O–H groups in total. The summed E-state index contributed by atoms with van der Waals surface area (Å²) in [5.74, 6) is 0. The third-order valence-corrected chi connectivity index (χ3v) is 7.96. The third kappa shape index (κ3) is 6.85. The molecule has 5 heteroatoms. The smallest absolute Gasteiger partial charge is 0.0703 e. The Bertz CT molecular complexity index is 1260. The van der Waals surface area contributed by atoms with E-state index in [1.54, 1.807) is 0 Å². The summed E-state index contributed by atoms with van der Waals surface area (Å²) < 4.78 is 5.95. The van der Waals surface area contributed by atoms with Crippen molar-refractivity contribution >= 4 is 11.4 Å². The number of ether oxygens (including phenoxy) is 1. The molecule has 0 radical (unpaired) electrons. The number of nitrogens with zero attached hydrogens (tertiary/aromatic N) is 4. The van der Waals surface area contributed by atoms with Gasteiger partial charge in [0.1, 0.15) is 0 Å². The van der Waals surface area contributed by atoms with E-state index in [0.717, 1.165) is 35.9 Å². The Balaban J connectivity index is 1.23. The first kappa shape index (κ1) is 28.3. The molecule has 2 heterocycles. The molecule has 0 aliphatic carbocycles. The summed E-state index contributed by atoms with van der Waals surface area (Å²) in [6.07, 6.45) is 3.90. The first-order valence-electron chi connectivity index (χ1n) is 13.7. The zero-order valence-corrected chi connectivity index (χ0v) is 24.8. The summed E-state index contributed by atoms with van der Waals surface area (Å²) in [5, 5.41) is 0. The Kier molecular flexibility index (Phi) is 9.03. The van der Waals surface area contributed by atoms with Gasteiger partial charge in [-0.05, 0) is 123 Å². The maximum Gasteiger partial charge on any atom is 0.0703 e. The minimum absolute atomic E-state index is 0.658. The highest BCUT2D eigenvalue weighted by molar-refractivity contribution is 5.65. The van der Waals surface area contributed by atoms with Gasteiger partial charge in [0.2, 0.25) is 0 Å². The molecule has 0 aliphatic rings. The maximum atomic E-state index is 5.95. The molecule has 5 nitrogen and oxygen atoms in total. The van der Waals surface area contributed by atoms with Gasteiger partial charge in [0.05, 0.1) is 48.4 Å². The number of rotatable bonds is 10. The van der Waals surface area contributed by atoms with Crippen LogP contribution in [0.4, 0.5) is 11.4 Å². The molecule has 2 aromatic carbocycles. The third-order valence-electron chi connectivity index (χ3n) is 7.96. The zero-order valence-electron chi connectivity index (χ0n) is 24.8. The van der Waals surface area contributed by atoms with Gasteiger partial charge in [-0.3, -0.25) is 9.97 Å². The number of benzene rings is 2. The Morgan fingerprint density at radius 1 is 0.564 bits per heavy atom. The first-order valence-corrected chi connectivity index (χ1v) is 13.7. The first-order chi connectivity index (χ1) is 18.6. The van der Waals surface area contributed by atoms with Gasteiger partial charge in [0.15, 0.2) is 0 Å². The highest BCUT2D eigenvalue weighted by atomic mass is 16.5. The van der Waals surface area contributed by atoms with Gasteiger partial charge in [-0.2, -0.15) is 0 Å². The second-order valence-corrected chi connectivity index (χ2v) is 10.7. The number of anilines is 2. The molecule has 0 saturated heterocycles. The Morgan fingerprint density at radius 2 is 0.923 bits per heavy atom. The predicted octanol–water partition coefficient (Wildman–Crippen LogP) is 7.25. The number of pyridine rings is 2. The van der Waals surface area contributed by atoms with Crippen molar-refractivity contribution in [2.75, 3.05) is 50.2 Å². The molecule has 0 amide bonds. The van der Waals surface area contributed by atoms with Gasteiger partial charge in [-0.1, -0.05) is 0 Å². The lowest BCUT2D eigenvalue weighted by Gasteiger charge is -2.21. The van der Waals surface area contributed by atoms with Crippen LogP contribution in [0.3, 0.4) is 0 Å². The normalized spacial score (nSPS) is 11.1. The van der Waals surface area contributed by atoms with Gasteiger partial charge >= 0.3 is 0 Å². The van der Waals surface area contributed by atoms with Crippen LogP contribution in [0, 0.1) is 41.5 Å². The lowest BCUT2D eigenvalue weighted by molar-refractivity contribution is 0.147. The van der Waals surface area contributed by atoms with E-state index in [-0.39, 0.29) is 0 Å². The van der Waals surface area contributed by atoms with Gasteiger partial charge < -0.3 is 14.5 Å². The van der Waals surface area contributed by atoms with Crippen LogP contribution in [0.5, 0.6) is 0 Å². The average Bonchev–Trinajstić information content (AvgIpc) is 2.93. The van der Waals surface area contributed by atoms with Crippen LogP contribution in [0.1, 0.15) is 33.4 Å². The molecular weight excluding hydrogens is 480 g/mol. The quantitative estimate of drug-likeness (QED) is 0.205. The molecule has 4 aromatic rings. The molecule has 2 aromatic heterocycles. The van der Waals surface area contributed by atoms with Crippen molar-refractivity contribution in [3.63, 3.8) is 0 Å². The number of aryl methyl sites for hydroxylation is 4. The topological polar surface area (TPSA) is 41.5 Å². The van der Waals surface area contributed by atoms with Crippen LogP contribution >= 0.6 is 0 Å². The predicted molar refractivity (Wildman–Crippen MR) is 165 cm³/mol. The fourth-order valence-electron chi connectivity index (χ4n) is 4.70. The molecule has 39 heavy (non-hydrogen) atoms. The van der Waals surface area contributed by atoms with E-state index in [0.29, 0.717) is 13.2 Å². The van der Waals surface area contributed by atoms with E-state index in [9.17, 15) is 0 Å². The Labute approximate surface area is 234 Å². The summed E-state index contributed by atoms with van der Waals surface area (Å²) in [6, 6.07) is 17.3. The summed E-state index contributed by atoms with van der Waals surface area (Å²) >= 11 is 0. The number of hydrogen-bond acceptors (Lipinski definition) is 5. The SMILES string of the molecule is Cc1cc(-c2ccc(N(C)CCOCCN(C)c3ccc(-c4cc(C)c(C)c(C)c4)nc3)cn2)cc(C)c1C. The molecule has 0 fully saturated rings. The molecule has 0 atom stereocenters. The Morgan fingerprint density at radius 3 is 1.23 bits per heavy atom. The number of aromatic nitrogens is 2. The summed E-state index contributed by atoms with van der Waals surface area (Å²) in [6.45, 7) is 15.9. The van der Waals surface area contributed by atoms with E-state index in [2.05, 4.69) is 114 Å². The number of hydrogen-bond donors (Lipinski definition) is 0. The van der Waals surface area contributed by atoms with Crippen molar-refractivity contribution in [2.24, 2.45) is 0 Å². The van der Waals surface area contributed by atoms with E-state index in [4.69, 9.17) is 14.7 Å². The van der Waals surface area contributed by atoms with E-state index in [1.807, 2.05) is 12.4 Å². The molecule has 0 spiro atoms. The molecule has 0 unspecified atom stereocenters. The minimum atomic E-state index is 0.658. The van der Waals surface area contributed by atoms with Gasteiger partial charge in [-0.15, -0.1) is 0 Å². The van der Waals surface area contributed by atoms with Crippen LogP contribution in [0.15, 0.2) is 60.9 Å². The summed E-state index contributed by atoms with van der Waals surface area (Å²) in [7, 11) is 4.16. The molecule has 4 rings (SSSR count). The van der Waals surface area contributed by atoms with Crippen molar-refractivity contribution in [3.8, 4) is 22.5 Å². The van der Waals surface area contributed by atoms with E-state index in [1.165, 1.54) is 44.5 Å². The van der Waals surface area contributed by atoms with Gasteiger partial charge in [-0.25, -0.2) is 0 Å². The van der Waals surface area contributed by atoms with Crippen LogP contribution in [0.25, 0.3) is 22.5 Å². The second kappa shape index (κ2) is 12.4. The monoisotopic (exact) mass is 522 g/mol. The molecule has 0 bridgehead atoms. The van der Waals surface area contributed by atoms with E-state index < -0.39 is 0 Å². The highest BCUT2D eigenvalue weighted by Gasteiger charge is 2.09. The summed E-state index contributed by atoms with van der Waals surface area (Å²) in [4.78, 5) is 13.8. The van der Waals surface area contributed by atoms with Crippen LogP contribution in [-0.2, 0) is 4.74 Å². The maximum absolute atomic E-state index is 5.95. The van der Waals surface area contributed by atoms with E-state index >= 15 is 0 Å². The highest BCUT2D eigenvalue weighted by Crippen LogP contribution is 2.26. The fraction of sp³-hybridized carbons (Fsp3) is 0.353. The number of likely N-dealkylation sites (N-methyl/N-ethyl adjacent to an activating group) is 2. The Hall–Kier alpha value is -3.70. The fourth-order valence-corrected chi connectivity index (χ4v) is 4.70. The minimum Gasteiger partial charge on any atom is -0.378 e. The molecular formula is C34H42N4O. The average molecular weight is 523 g/mol. The van der Waals surface area contributed by atoms with Gasteiger partial charge in [0.25, 0.3) is 0 Å². The van der Waals surface area contributed by atoms with Crippen LogP contribution in [-0.4, -0.2) is 50.4 Å². The molecule has 0 aliphatic heterocycles. The zero-order chi connectivity index (χ0) is 28.1. The van der Waals surface area contributed by atoms with Gasteiger partial charge in [0, 0.05) is 38.3 Å². The van der Waals surface area contributed by atoms with Crippen molar-refractivity contribution in [2.45, 2.75) is 41.5 Å². The second-order valence-electron chi connectivity index (χ2n) is 10.7. The molecule has 0 saturated carbocycles. The lowest BCUT2D eigenvalue weighted by Crippen LogP contribution is -2.26. The van der Waals surface area contributed by atoms with Crippen LogP contribution in [0.2, 0.25) is 0 Å². The van der Waals surface area contributed by atoms with Crippen molar-refractivity contribution in [1.82, 2.24) is 9.97 Å². The van der Waals surface area contributed by atoms with Crippen molar-refractivity contribution in [3.05, 3.63) is 94.3 Å². The standard InChI is InChI=1S/C34H42N4O/c1-23-17-29(18-24(2)27(23)5)33-11-9-31(21-35-33)37(7)13-15-39-16-14-38(8)32-10-12-34(36-22-32)30-19-25(3)28(6)26(4)20-30/h9-12,17-22H,13-16H2,1-8H3. The largest absolute Gasteiger partial charge is 0.378 e. The van der Waals surface area contributed by atoms with Crippen LogP contribution < -0.4 is 9.80 Å². The van der Waals surface area contributed by atoms with Crippen molar-refractivity contribution < 1.29 is 4.74 Å². The van der Waals surface area contributed by atoms with Crippen molar-refractivity contribution in [1.29, 1.82) is 0 Å². The lowest BCUT2D eigenvalue weighted by atomic mass is 9.99. The summed E-state index contributed by atoms with van der Waals surface area (Å²) in [5.41, 5.74) is 14.4.